The second-order valence-corrected chi connectivity index (χ2v) is 7.14. The molecule has 0 bridgehead atoms. The SMILES string of the molecule is O=C1CC(SCc2ccccc2)C(=O)N1c1ccc(Br)cc1. The lowest BCUT2D eigenvalue weighted by atomic mass is 10.2. The van der Waals surface area contributed by atoms with Crippen LogP contribution in [-0.2, 0) is 15.3 Å². The van der Waals surface area contributed by atoms with E-state index in [4.69, 9.17) is 0 Å². The van der Waals surface area contributed by atoms with Crippen LogP contribution in [0.3, 0.4) is 0 Å². The van der Waals surface area contributed by atoms with Crippen molar-refractivity contribution < 1.29 is 9.59 Å². The minimum absolute atomic E-state index is 0.117. The third-order valence-corrected chi connectivity index (χ3v) is 5.28. The number of nitrogens with zero attached hydrogens (tertiary/aromatic N) is 1. The fourth-order valence-electron chi connectivity index (χ4n) is 2.37. The second-order valence-electron chi connectivity index (χ2n) is 5.03. The van der Waals surface area contributed by atoms with Gasteiger partial charge < -0.3 is 0 Å². The minimum Gasteiger partial charge on any atom is -0.274 e. The normalized spacial score (nSPS) is 18.0. The molecule has 2 amide bonds. The fourth-order valence-corrected chi connectivity index (χ4v) is 3.73. The highest BCUT2D eigenvalue weighted by Crippen LogP contribution is 2.31. The molecule has 5 heteroatoms. The van der Waals surface area contributed by atoms with Crippen LogP contribution in [0.5, 0.6) is 0 Å². The quantitative estimate of drug-likeness (QED) is 0.757. The van der Waals surface area contributed by atoms with E-state index in [2.05, 4.69) is 15.9 Å². The summed E-state index contributed by atoms with van der Waals surface area (Å²) >= 11 is 4.88. The second kappa shape index (κ2) is 6.67. The van der Waals surface area contributed by atoms with Crippen LogP contribution in [0.4, 0.5) is 5.69 Å². The molecule has 0 aliphatic carbocycles. The Labute approximate surface area is 141 Å². The van der Waals surface area contributed by atoms with Crippen molar-refractivity contribution in [1.82, 2.24) is 0 Å². The summed E-state index contributed by atoms with van der Waals surface area (Å²) < 4.78 is 0.922. The molecule has 0 spiro atoms. The zero-order valence-corrected chi connectivity index (χ0v) is 14.1. The molecule has 0 aromatic heterocycles. The van der Waals surface area contributed by atoms with Gasteiger partial charge >= 0.3 is 0 Å². The summed E-state index contributed by atoms with van der Waals surface area (Å²) in [4.78, 5) is 26.0. The van der Waals surface area contributed by atoms with Crippen molar-refractivity contribution in [3.05, 3.63) is 64.6 Å². The standard InChI is InChI=1S/C17H14BrNO2S/c18-13-6-8-14(9-7-13)19-16(20)10-15(17(19)21)22-11-12-4-2-1-3-5-12/h1-9,15H,10-11H2. The molecule has 1 unspecified atom stereocenters. The van der Waals surface area contributed by atoms with Gasteiger partial charge in [0.2, 0.25) is 11.8 Å². The summed E-state index contributed by atoms with van der Waals surface area (Å²) in [5.74, 6) is 0.491. The topological polar surface area (TPSA) is 37.4 Å². The van der Waals surface area contributed by atoms with Crippen LogP contribution < -0.4 is 4.90 Å². The molecule has 0 saturated carbocycles. The number of benzene rings is 2. The van der Waals surface area contributed by atoms with Crippen molar-refractivity contribution >= 4 is 45.2 Å². The highest BCUT2D eigenvalue weighted by atomic mass is 79.9. The predicted molar refractivity (Wildman–Crippen MR) is 92.8 cm³/mol. The van der Waals surface area contributed by atoms with Gasteiger partial charge in [0.1, 0.15) is 0 Å². The van der Waals surface area contributed by atoms with Crippen LogP contribution in [0, 0.1) is 0 Å². The van der Waals surface area contributed by atoms with E-state index < -0.39 is 0 Å². The number of anilines is 1. The summed E-state index contributed by atoms with van der Waals surface area (Å²) in [6.07, 6.45) is 0.270. The Balaban J connectivity index is 1.70. The highest BCUT2D eigenvalue weighted by molar-refractivity contribution is 9.10. The number of rotatable bonds is 4. The van der Waals surface area contributed by atoms with E-state index in [0.717, 1.165) is 15.8 Å². The summed E-state index contributed by atoms with van der Waals surface area (Å²) in [5.41, 5.74) is 1.80. The van der Waals surface area contributed by atoms with Gasteiger partial charge in [-0.25, -0.2) is 4.90 Å². The van der Waals surface area contributed by atoms with Gasteiger partial charge in [-0.2, -0.15) is 0 Å². The van der Waals surface area contributed by atoms with Gasteiger partial charge in [0, 0.05) is 16.6 Å². The van der Waals surface area contributed by atoms with E-state index >= 15 is 0 Å². The molecule has 3 rings (SSSR count). The summed E-state index contributed by atoms with van der Waals surface area (Å²) in [6.45, 7) is 0. The van der Waals surface area contributed by atoms with E-state index in [-0.39, 0.29) is 23.5 Å². The van der Waals surface area contributed by atoms with Gasteiger partial charge in [-0.15, -0.1) is 11.8 Å². The Kier molecular flexibility index (Phi) is 4.64. The molecular weight excluding hydrogens is 362 g/mol. The van der Waals surface area contributed by atoms with Crippen LogP contribution in [0.2, 0.25) is 0 Å². The van der Waals surface area contributed by atoms with Gasteiger partial charge in [-0.3, -0.25) is 9.59 Å². The van der Waals surface area contributed by atoms with Crippen LogP contribution in [0.25, 0.3) is 0 Å². The van der Waals surface area contributed by atoms with Gasteiger partial charge in [-0.05, 0) is 29.8 Å². The monoisotopic (exact) mass is 375 g/mol. The molecule has 1 heterocycles. The number of hydrogen-bond acceptors (Lipinski definition) is 3. The Morgan fingerprint density at radius 3 is 2.41 bits per heavy atom. The van der Waals surface area contributed by atoms with Crippen LogP contribution >= 0.6 is 27.7 Å². The van der Waals surface area contributed by atoms with Crippen LogP contribution in [-0.4, -0.2) is 17.1 Å². The maximum absolute atomic E-state index is 12.5. The summed E-state index contributed by atoms with van der Waals surface area (Å²) in [5, 5.41) is -0.295. The molecule has 1 fully saturated rings. The molecular formula is C17H14BrNO2S. The molecule has 2 aromatic rings. The van der Waals surface area contributed by atoms with E-state index in [1.54, 1.807) is 12.1 Å². The average molecular weight is 376 g/mol. The molecule has 3 nitrogen and oxygen atoms in total. The largest absolute Gasteiger partial charge is 0.274 e. The minimum atomic E-state index is -0.295. The number of halogens is 1. The molecule has 0 N–H and O–H groups in total. The Hall–Kier alpha value is -1.59. The van der Waals surface area contributed by atoms with Crippen LogP contribution in [0.1, 0.15) is 12.0 Å². The summed E-state index contributed by atoms with van der Waals surface area (Å²) in [7, 11) is 0. The van der Waals surface area contributed by atoms with Crippen molar-refractivity contribution in [2.45, 2.75) is 17.4 Å². The number of carbonyl (C=O) groups is 2. The lowest BCUT2D eigenvalue weighted by molar-refractivity contribution is -0.121. The maximum atomic E-state index is 12.5. The van der Waals surface area contributed by atoms with Crippen molar-refractivity contribution in [3.63, 3.8) is 0 Å². The molecule has 112 valence electrons. The van der Waals surface area contributed by atoms with Crippen molar-refractivity contribution in [2.75, 3.05) is 4.90 Å². The first-order chi connectivity index (χ1) is 10.6. The molecule has 1 atom stereocenters. The number of imide groups is 1. The van der Waals surface area contributed by atoms with Crippen molar-refractivity contribution in [2.24, 2.45) is 0 Å². The molecule has 1 aliphatic heterocycles. The number of thioether (sulfide) groups is 1. The highest BCUT2D eigenvalue weighted by Gasteiger charge is 2.39. The lowest BCUT2D eigenvalue weighted by Crippen LogP contribution is -2.31. The van der Waals surface area contributed by atoms with Gasteiger partial charge in [-0.1, -0.05) is 46.3 Å². The van der Waals surface area contributed by atoms with E-state index in [9.17, 15) is 9.59 Å². The molecule has 0 radical (unpaired) electrons. The zero-order chi connectivity index (χ0) is 15.5. The van der Waals surface area contributed by atoms with Gasteiger partial charge in [0.25, 0.3) is 0 Å². The van der Waals surface area contributed by atoms with Gasteiger partial charge in [0.15, 0.2) is 0 Å². The van der Waals surface area contributed by atoms with E-state index in [1.807, 2.05) is 42.5 Å². The number of amides is 2. The lowest BCUT2D eigenvalue weighted by Gasteiger charge is -2.15. The number of hydrogen-bond donors (Lipinski definition) is 0. The Morgan fingerprint density at radius 1 is 1.05 bits per heavy atom. The first kappa shape index (κ1) is 15.3. The predicted octanol–water partition coefficient (Wildman–Crippen LogP) is 4.01. The molecule has 1 aliphatic rings. The fraction of sp³-hybridized carbons (Fsp3) is 0.176. The van der Waals surface area contributed by atoms with Gasteiger partial charge in [0.05, 0.1) is 10.9 Å². The summed E-state index contributed by atoms with van der Waals surface area (Å²) in [6, 6.07) is 17.2. The van der Waals surface area contributed by atoms with E-state index in [0.29, 0.717) is 5.69 Å². The molecule has 1 saturated heterocycles. The first-order valence-corrected chi connectivity index (χ1v) is 8.77. The average Bonchev–Trinajstić information content (AvgIpc) is 2.82. The van der Waals surface area contributed by atoms with Crippen molar-refractivity contribution in [3.8, 4) is 0 Å². The third-order valence-electron chi connectivity index (χ3n) is 3.48. The first-order valence-electron chi connectivity index (χ1n) is 6.93. The number of carbonyl (C=O) groups excluding carboxylic acids is 2. The van der Waals surface area contributed by atoms with Crippen LogP contribution in [0.15, 0.2) is 59.1 Å². The molecule has 2 aromatic carbocycles. The van der Waals surface area contributed by atoms with E-state index in [1.165, 1.54) is 16.7 Å². The zero-order valence-electron chi connectivity index (χ0n) is 11.7. The third kappa shape index (κ3) is 3.25. The smallest absolute Gasteiger partial charge is 0.247 e. The molecule has 22 heavy (non-hydrogen) atoms. The Bertz CT molecular complexity index is 688. The Morgan fingerprint density at radius 2 is 1.73 bits per heavy atom. The maximum Gasteiger partial charge on any atom is 0.247 e. The van der Waals surface area contributed by atoms with Crippen molar-refractivity contribution in [1.29, 1.82) is 0 Å².